The number of alkyl halides is 3. The Morgan fingerprint density at radius 1 is 1.07 bits per heavy atom. The first-order valence-electron chi connectivity index (χ1n) is 8.40. The minimum Gasteiger partial charge on any atom is -0.339 e. The van der Waals surface area contributed by atoms with Gasteiger partial charge in [-0.3, -0.25) is 4.79 Å². The highest BCUT2D eigenvalue weighted by atomic mass is 35.6. The highest BCUT2D eigenvalue weighted by Gasteiger charge is 2.34. The summed E-state index contributed by atoms with van der Waals surface area (Å²) in [4.78, 5) is 12.2. The summed E-state index contributed by atoms with van der Waals surface area (Å²) < 4.78 is -1.82. The van der Waals surface area contributed by atoms with Crippen molar-refractivity contribution in [3.63, 3.8) is 0 Å². The van der Waals surface area contributed by atoms with Crippen molar-refractivity contribution in [2.24, 2.45) is 0 Å². The topological polar surface area (TPSA) is 53.2 Å². The molecule has 2 rings (SSSR count). The molecule has 148 valence electrons. The number of halogens is 3. The van der Waals surface area contributed by atoms with Gasteiger partial charge in [-0.25, -0.2) is 0 Å². The monoisotopic (exact) mass is 455 g/mol. The lowest BCUT2D eigenvalue weighted by molar-refractivity contribution is -0.117. The van der Waals surface area contributed by atoms with E-state index in [0.717, 1.165) is 22.4 Å². The summed E-state index contributed by atoms with van der Waals surface area (Å²) in [6, 6.07) is 15.3. The molecular formula is C20H20Cl3N3OS. The van der Waals surface area contributed by atoms with Crippen LogP contribution in [0.5, 0.6) is 0 Å². The van der Waals surface area contributed by atoms with Gasteiger partial charge in [0.2, 0.25) is 9.70 Å². The molecule has 0 heterocycles. The van der Waals surface area contributed by atoms with Gasteiger partial charge in [-0.05, 0) is 54.9 Å². The SMILES string of the molecule is Cc1ccc(C)c(NC(=S)N[C@H](NC(=O)/C=C/c2ccccc2)C(Cl)(Cl)Cl)c1. The number of anilines is 1. The van der Waals surface area contributed by atoms with Crippen molar-refractivity contribution in [1.29, 1.82) is 0 Å². The molecule has 1 amide bonds. The first-order chi connectivity index (χ1) is 13.1. The third-order valence-corrected chi connectivity index (χ3v) is 4.63. The number of thiocarbonyl (C=S) groups is 1. The lowest BCUT2D eigenvalue weighted by atomic mass is 10.1. The van der Waals surface area contributed by atoms with E-state index in [4.69, 9.17) is 47.0 Å². The zero-order chi connectivity index (χ0) is 20.7. The number of hydrogen-bond acceptors (Lipinski definition) is 2. The van der Waals surface area contributed by atoms with E-state index in [-0.39, 0.29) is 5.11 Å². The molecule has 0 aromatic heterocycles. The maximum Gasteiger partial charge on any atom is 0.245 e. The molecule has 0 fully saturated rings. The number of amides is 1. The van der Waals surface area contributed by atoms with Crippen molar-refractivity contribution in [2.75, 3.05) is 5.32 Å². The van der Waals surface area contributed by atoms with Gasteiger partial charge in [-0.2, -0.15) is 0 Å². The number of carbonyl (C=O) groups is 1. The number of nitrogens with one attached hydrogen (secondary N) is 3. The molecule has 4 nitrogen and oxygen atoms in total. The second-order valence-corrected chi connectivity index (χ2v) is 8.92. The molecular weight excluding hydrogens is 437 g/mol. The van der Waals surface area contributed by atoms with Crippen molar-refractivity contribution in [1.82, 2.24) is 10.6 Å². The summed E-state index contributed by atoms with van der Waals surface area (Å²) in [5, 5.41) is 8.73. The summed E-state index contributed by atoms with van der Waals surface area (Å²) in [6.07, 6.45) is 1.99. The fourth-order valence-corrected chi connectivity index (χ4v) is 2.84. The predicted octanol–water partition coefficient (Wildman–Crippen LogP) is 5.12. The first-order valence-corrected chi connectivity index (χ1v) is 9.94. The number of rotatable bonds is 5. The summed E-state index contributed by atoms with van der Waals surface area (Å²) in [7, 11) is 0. The molecule has 2 aromatic carbocycles. The van der Waals surface area contributed by atoms with E-state index in [1.165, 1.54) is 6.08 Å². The molecule has 0 unspecified atom stereocenters. The quantitative estimate of drug-likeness (QED) is 0.253. The molecule has 0 bridgehead atoms. The van der Waals surface area contributed by atoms with Crippen LogP contribution in [0.15, 0.2) is 54.6 Å². The maximum absolute atomic E-state index is 12.2. The Morgan fingerprint density at radius 2 is 1.75 bits per heavy atom. The van der Waals surface area contributed by atoms with Crippen LogP contribution in [0.25, 0.3) is 6.08 Å². The van der Waals surface area contributed by atoms with Gasteiger partial charge >= 0.3 is 0 Å². The van der Waals surface area contributed by atoms with Crippen molar-refractivity contribution < 1.29 is 4.79 Å². The maximum atomic E-state index is 12.2. The van der Waals surface area contributed by atoms with Crippen LogP contribution < -0.4 is 16.0 Å². The van der Waals surface area contributed by atoms with E-state index in [1.54, 1.807) is 6.08 Å². The molecule has 0 radical (unpaired) electrons. The van der Waals surface area contributed by atoms with Gasteiger partial charge in [-0.15, -0.1) is 0 Å². The van der Waals surface area contributed by atoms with Crippen molar-refractivity contribution in [2.45, 2.75) is 23.8 Å². The molecule has 8 heteroatoms. The van der Waals surface area contributed by atoms with E-state index in [9.17, 15) is 4.79 Å². The number of hydrogen-bond donors (Lipinski definition) is 3. The molecule has 0 aliphatic rings. The first kappa shape index (κ1) is 22.5. The third-order valence-electron chi connectivity index (χ3n) is 3.76. The second kappa shape index (κ2) is 10.1. The van der Waals surface area contributed by atoms with Gasteiger partial charge in [-0.1, -0.05) is 77.3 Å². The average Bonchev–Trinajstić information content (AvgIpc) is 2.62. The normalized spacial score (nSPS) is 12.5. The molecule has 0 aliphatic carbocycles. The van der Waals surface area contributed by atoms with Crippen molar-refractivity contribution >= 4 is 69.8 Å². The number of benzene rings is 2. The summed E-state index contributed by atoms with van der Waals surface area (Å²) in [6.45, 7) is 3.93. The third kappa shape index (κ3) is 7.32. The van der Waals surface area contributed by atoms with E-state index in [0.29, 0.717) is 0 Å². The van der Waals surface area contributed by atoms with Crippen LogP contribution in [-0.2, 0) is 4.79 Å². The largest absolute Gasteiger partial charge is 0.339 e. The van der Waals surface area contributed by atoms with Gasteiger partial charge in [0.1, 0.15) is 6.17 Å². The Balaban J connectivity index is 2.03. The fraction of sp³-hybridized carbons (Fsp3) is 0.200. The molecule has 1 atom stereocenters. The Bertz CT molecular complexity index is 867. The Labute approximate surface area is 185 Å². The van der Waals surface area contributed by atoms with Crippen LogP contribution in [0, 0.1) is 13.8 Å². The Morgan fingerprint density at radius 3 is 2.39 bits per heavy atom. The van der Waals surface area contributed by atoms with Gasteiger partial charge in [0.25, 0.3) is 0 Å². The van der Waals surface area contributed by atoms with E-state index in [1.807, 2.05) is 62.4 Å². The van der Waals surface area contributed by atoms with Crippen molar-refractivity contribution in [3.05, 3.63) is 71.3 Å². The summed E-state index contributed by atoms with van der Waals surface area (Å²) in [5.74, 6) is -0.429. The summed E-state index contributed by atoms with van der Waals surface area (Å²) in [5.41, 5.74) is 3.79. The molecule has 2 aromatic rings. The van der Waals surface area contributed by atoms with Gasteiger partial charge in [0.15, 0.2) is 5.11 Å². The molecule has 0 spiro atoms. The van der Waals surface area contributed by atoms with Crippen LogP contribution in [-0.4, -0.2) is 21.0 Å². The molecule has 0 saturated carbocycles. The minimum atomic E-state index is -1.82. The van der Waals surface area contributed by atoms with E-state index >= 15 is 0 Å². The molecule has 3 N–H and O–H groups in total. The fourth-order valence-electron chi connectivity index (χ4n) is 2.29. The predicted molar refractivity (Wildman–Crippen MR) is 123 cm³/mol. The smallest absolute Gasteiger partial charge is 0.245 e. The highest BCUT2D eigenvalue weighted by Crippen LogP contribution is 2.29. The zero-order valence-corrected chi connectivity index (χ0v) is 18.4. The zero-order valence-electron chi connectivity index (χ0n) is 15.3. The number of aryl methyl sites for hydroxylation is 2. The molecule has 0 saturated heterocycles. The lowest BCUT2D eigenvalue weighted by Gasteiger charge is -2.27. The van der Waals surface area contributed by atoms with E-state index in [2.05, 4.69) is 16.0 Å². The van der Waals surface area contributed by atoms with Crippen molar-refractivity contribution in [3.8, 4) is 0 Å². The van der Waals surface area contributed by atoms with Crippen LogP contribution in [0.2, 0.25) is 0 Å². The second-order valence-electron chi connectivity index (χ2n) is 6.14. The highest BCUT2D eigenvalue weighted by molar-refractivity contribution is 7.80. The van der Waals surface area contributed by atoms with Gasteiger partial charge in [0, 0.05) is 11.8 Å². The molecule has 0 aliphatic heterocycles. The van der Waals surface area contributed by atoms with Crippen LogP contribution in [0.3, 0.4) is 0 Å². The average molecular weight is 457 g/mol. The van der Waals surface area contributed by atoms with Gasteiger partial charge < -0.3 is 16.0 Å². The lowest BCUT2D eigenvalue weighted by Crippen LogP contribution is -2.55. The molecule has 28 heavy (non-hydrogen) atoms. The number of carbonyl (C=O) groups excluding carboxylic acids is 1. The standard InChI is InChI=1S/C20H20Cl3N3OS/c1-13-8-9-14(2)16(12-13)24-19(28)26-18(20(21,22)23)25-17(27)11-10-15-6-4-3-5-7-15/h3-12,18H,1-2H3,(H,25,27)(H2,24,26,28)/b11-10+/t18-/m0/s1. The van der Waals surface area contributed by atoms with E-state index < -0.39 is 15.9 Å². The van der Waals surface area contributed by atoms with Crippen LogP contribution in [0.1, 0.15) is 16.7 Å². The Hall–Kier alpha value is -1.79. The minimum absolute atomic E-state index is 0.220. The van der Waals surface area contributed by atoms with Crippen LogP contribution in [0.4, 0.5) is 5.69 Å². The van der Waals surface area contributed by atoms with Gasteiger partial charge in [0.05, 0.1) is 0 Å². The van der Waals surface area contributed by atoms with Crippen LogP contribution >= 0.6 is 47.0 Å². The summed E-state index contributed by atoms with van der Waals surface area (Å²) >= 11 is 23.3. The Kier molecular flexibility index (Phi) is 8.13.